The van der Waals surface area contributed by atoms with Gasteiger partial charge in [0.1, 0.15) is 0 Å². The number of ether oxygens (including phenoxy) is 1. The summed E-state index contributed by atoms with van der Waals surface area (Å²) in [4.78, 5) is 12.4. The lowest BCUT2D eigenvalue weighted by molar-refractivity contribution is 0.0578. The molecule has 0 N–H and O–H groups in total. The van der Waals surface area contributed by atoms with Crippen molar-refractivity contribution in [2.45, 2.75) is 51.0 Å². The molecule has 3 rings (SSSR count). The van der Waals surface area contributed by atoms with E-state index in [2.05, 4.69) is 19.2 Å². The molecule has 0 bridgehead atoms. The molecule has 2 aliphatic rings. The Hall–Kier alpha value is -1.09. The number of aryl methyl sites for hydroxylation is 1. The van der Waals surface area contributed by atoms with Gasteiger partial charge in [0.05, 0.1) is 12.6 Å². The molecule has 1 aromatic rings. The standard InChI is InChI=1S/C15H21NO2/c1-2-11-8-13(12-5-6-12)9-16(15(11)17)14-4-3-7-18-10-14/h8-9,12,14H,2-7,10H2,1H3. The van der Waals surface area contributed by atoms with Gasteiger partial charge in [-0.3, -0.25) is 4.79 Å². The van der Waals surface area contributed by atoms with E-state index >= 15 is 0 Å². The zero-order valence-electron chi connectivity index (χ0n) is 11.0. The van der Waals surface area contributed by atoms with Gasteiger partial charge in [0.15, 0.2) is 0 Å². The topological polar surface area (TPSA) is 31.2 Å². The third-order valence-corrected chi connectivity index (χ3v) is 4.10. The maximum atomic E-state index is 12.4. The Kier molecular flexibility index (Phi) is 3.25. The summed E-state index contributed by atoms with van der Waals surface area (Å²) in [5, 5.41) is 0. The van der Waals surface area contributed by atoms with E-state index in [0.717, 1.165) is 31.4 Å². The predicted molar refractivity (Wildman–Crippen MR) is 71.1 cm³/mol. The normalized spacial score (nSPS) is 24.2. The lowest BCUT2D eigenvalue weighted by atomic mass is 10.1. The summed E-state index contributed by atoms with van der Waals surface area (Å²) in [5.41, 5.74) is 2.51. The zero-order valence-corrected chi connectivity index (χ0v) is 11.0. The lowest BCUT2D eigenvalue weighted by Gasteiger charge is -2.25. The highest BCUT2D eigenvalue weighted by atomic mass is 16.5. The van der Waals surface area contributed by atoms with Crippen LogP contribution in [0.2, 0.25) is 0 Å². The number of rotatable bonds is 3. The van der Waals surface area contributed by atoms with E-state index in [1.165, 1.54) is 18.4 Å². The van der Waals surface area contributed by atoms with Crippen LogP contribution in [0.4, 0.5) is 0 Å². The van der Waals surface area contributed by atoms with Crippen molar-refractivity contribution in [1.29, 1.82) is 0 Å². The van der Waals surface area contributed by atoms with E-state index in [9.17, 15) is 4.79 Å². The van der Waals surface area contributed by atoms with Gasteiger partial charge in [-0.1, -0.05) is 6.92 Å². The molecule has 1 atom stereocenters. The molecule has 1 unspecified atom stereocenters. The van der Waals surface area contributed by atoms with Crippen LogP contribution in [-0.2, 0) is 11.2 Å². The van der Waals surface area contributed by atoms with Gasteiger partial charge in [0, 0.05) is 18.4 Å². The van der Waals surface area contributed by atoms with E-state index < -0.39 is 0 Å². The molecule has 0 aromatic carbocycles. The monoisotopic (exact) mass is 247 g/mol. The van der Waals surface area contributed by atoms with Gasteiger partial charge >= 0.3 is 0 Å². The molecule has 1 saturated carbocycles. The zero-order chi connectivity index (χ0) is 12.5. The molecule has 3 nitrogen and oxygen atoms in total. The highest BCUT2D eigenvalue weighted by Crippen LogP contribution is 2.40. The van der Waals surface area contributed by atoms with Crippen molar-refractivity contribution >= 4 is 0 Å². The minimum Gasteiger partial charge on any atom is -0.379 e. The summed E-state index contributed by atoms with van der Waals surface area (Å²) < 4.78 is 7.47. The van der Waals surface area contributed by atoms with E-state index in [0.29, 0.717) is 12.5 Å². The lowest BCUT2D eigenvalue weighted by Crippen LogP contribution is -2.32. The molecule has 0 radical (unpaired) electrons. The second-order valence-corrected chi connectivity index (χ2v) is 5.51. The molecule has 1 aliphatic carbocycles. The Bertz CT molecular complexity index is 482. The molecule has 2 fully saturated rings. The summed E-state index contributed by atoms with van der Waals surface area (Å²) in [6.45, 7) is 3.60. The molecule has 0 amide bonds. The molecule has 1 aliphatic heterocycles. The van der Waals surface area contributed by atoms with Crippen LogP contribution >= 0.6 is 0 Å². The number of nitrogens with zero attached hydrogens (tertiary/aromatic N) is 1. The molecule has 1 saturated heterocycles. The molecule has 98 valence electrons. The maximum absolute atomic E-state index is 12.4. The van der Waals surface area contributed by atoms with Crippen molar-refractivity contribution in [2.75, 3.05) is 13.2 Å². The Balaban J connectivity index is 1.99. The first-order valence-corrected chi connectivity index (χ1v) is 7.12. The first kappa shape index (κ1) is 12.0. The van der Waals surface area contributed by atoms with Crippen molar-refractivity contribution in [3.05, 3.63) is 33.7 Å². The fourth-order valence-corrected chi connectivity index (χ4v) is 2.79. The SMILES string of the molecule is CCc1cc(C2CC2)cn(C2CCCOC2)c1=O. The molecule has 18 heavy (non-hydrogen) atoms. The van der Waals surface area contributed by atoms with E-state index in [1.54, 1.807) is 0 Å². The van der Waals surface area contributed by atoms with Gasteiger partial charge in [-0.05, 0) is 49.7 Å². The van der Waals surface area contributed by atoms with Crippen LogP contribution in [-0.4, -0.2) is 17.8 Å². The van der Waals surface area contributed by atoms with Crippen LogP contribution in [0.5, 0.6) is 0 Å². The van der Waals surface area contributed by atoms with Crippen molar-refractivity contribution in [3.63, 3.8) is 0 Å². The molecular formula is C15H21NO2. The molecule has 3 heteroatoms. The second-order valence-electron chi connectivity index (χ2n) is 5.51. The van der Waals surface area contributed by atoms with E-state index in [1.807, 2.05) is 4.57 Å². The molecule has 2 heterocycles. The van der Waals surface area contributed by atoms with E-state index in [-0.39, 0.29) is 11.6 Å². The van der Waals surface area contributed by atoms with Crippen LogP contribution in [0.3, 0.4) is 0 Å². The van der Waals surface area contributed by atoms with Gasteiger partial charge in [0.25, 0.3) is 5.56 Å². The Morgan fingerprint density at radius 1 is 1.39 bits per heavy atom. The summed E-state index contributed by atoms with van der Waals surface area (Å²) in [6, 6.07) is 2.37. The van der Waals surface area contributed by atoms with Crippen molar-refractivity contribution in [3.8, 4) is 0 Å². The van der Waals surface area contributed by atoms with Crippen LogP contribution in [0.15, 0.2) is 17.1 Å². The average molecular weight is 247 g/mol. The van der Waals surface area contributed by atoms with Crippen molar-refractivity contribution < 1.29 is 4.74 Å². The molecule has 1 aromatic heterocycles. The minimum atomic E-state index is 0.192. The smallest absolute Gasteiger partial charge is 0.254 e. The first-order valence-electron chi connectivity index (χ1n) is 7.12. The summed E-state index contributed by atoms with van der Waals surface area (Å²) in [7, 11) is 0. The van der Waals surface area contributed by atoms with Crippen molar-refractivity contribution in [1.82, 2.24) is 4.57 Å². The fourth-order valence-electron chi connectivity index (χ4n) is 2.79. The molecular weight excluding hydrogens is 226 g/mol. The highest BCUT2D eigenvalue weighted by molar-refractivity contribution is 5.26. The second kappa shape index (κ2) is 4.88. The molecule has 0 spiro atoms. The minimum absolute atomic E-state index is 0.192. The average Bonchev–Trinajstić information content (AvgIpc) is 3.24. The van der Waals surface area contributed by atoms with Crippen LogP contribution in [0.25, 0.3) is 0 Å². The first-order chi connectivity index (χ1) is 8.79. The number of pyridine rings is 1. The Morgan fingerprint density at radius 3 is 2.83 bits per heavy atom. The predicted octanol–water partition coefficient (Wildman–Crippen LogP) is 2.64. The van der Waals surface area contributed by atoms with Crippen LogP contribution < -0.4 is 5.56 Å². The third kappa shape index (κ3) is 2.24. The van der Waals surface area contributed by atoms with Crippen molar-refractivity contribution in [2.24, 2.45) is 0 Å². The highest BCUT2D eigenvalue weighted by Gasteiger charge is 2.26. The van der Waals surface area contributed by atoms with Gasteiger partial charge in [-0.15, -0.1) is 0 Å². The Labute approximate surface area is 108 Å². The van der Waals surface area contributed by atoms with E-state index in [4.69, 9.17) is 4.74 Å². The van der Waals surface area contributed by atoms with Crippen LogP contribution in [0, 0.1) is 0 Å². The maximum Gasteiger partial charge on any atom is 0.254 e. The van der Waals surface area contributed by atoms with Crippen LogP contribution in [0.1, 0.15) is 55.7 Å². The third-order valence-electron chi connectivity index (χ3n) is 4.10. The fraction of sp³-hybridized carbons (Fsp3) is 0.667. The number of hydrogen-bond donors (Lipinski definition) is 0. The quantitative estimate of drug-likeness (QED) is 0.822. The summed E-state index contributed by atoms with van der Waals surface area (Å²) in [5.74, 6) is 0.701. The summed E-state index contributed by atoms with van der Waals surface area (Å²) in [6.07, 6.45) is 7.61. The number of hydrogen-bond acceptors (Lipinski definition) is 2. The van der Waals surface area contributed by atoms with Gasteiger partial charge in [-0.2, -0.15) is 0 Å². The summed E-state index contributed by atoms with van der Waals surface area (Å²) >= 11 is 0. The van der Waals surface area contributed by atoms with Gasteiger partial charge in [-0.25, -0.2) is 0 Å². The van der Waals surface area contributed by atoms with Gasteiger partial charge in [0.2, 0.25) is 0 Å². The van der Waals surface area contributed by atoms with Gasteiger partial charge < -0.3 is 9.30 Å². The number of aromatic nitrogens is 1. The Morgan fingerprint density at radius 2 is 2.22 bits per heavy atom. The largest absolute Gasteiger partial charge is 0.379 e.